The molecular formula is C8H10Cl3NO. The molecule has 0 heterocycles. The Morgan fingerprint density at radius 1 is 1.23 bits per heavy atom. The van der Waals surface area contributed by atoms with Gasteiger partial charge in [-0.15, -0.1) is 12.4 Å². The van der Waals surface area contributed by atoms with Crippen LogP contribution in [0.1, 0.15) is 0 Å². The summed E-state index contributed by atoms with van der Waals surface area (Å²) in [6.07, 6.45) is 0. The first-order chi connectivity index (χ1) is 5.66. The quantitative estimate of drug-likeness (QED) is 0.760. The highest BCUT2D eigenvalue weighted by Gasteiger charge is 1.77. The van der Waals surface area contributed by atoms with Gasteiger partial charge in [0.15, 0.2) is 0 Å². The van der Waals surface area contributed by atoms with Gasteiger partial charge in [-0.3, -0.25) is 4.79 Å². The number of para-hydroxylation sites is 1. The lowest BCUT2D eigenvalue weighted by atomic mass is 10.3. The number of rotatable bonds is 1. The minimum Gasteiger partial charge on any atom is -0.388 e. The molecule has 0 aliphatic heterocycles. The molecular weight excluding hydrogens is 232 g/mol. The second-order valence-electron chi connectivity index (χ2n) is 1.84. The van der Waals surface area contributed by atoms with E-state index in [9.17, 15) is 0 Å². The number of hydrogen-bond donors (Lipinski definition) is 1. The van der Waals surface area contributed by atoms with Crippen molar-refractivity contribution in [3.05, 3.63) is 30.3 Å². The van der Waals surface area contributed by atoms with Crippen LogP contribution in [-0.2, 0) is 0 Å². The second kappa shape index (κ2) is 9.65. The van der Waals surface area contributed by atoms with E-state index in [-0.39, 0.29) is 12.4 Å². The van der Waals surface area contributed by atoms with Gasteiger partial charge in [-0.05, 0) is 35.3 Å². The first kappa shape index (κ1) is 15.1. The van der Waals surface area contributed by atoms with Crippen molar-refractivity contribution in [2.45, 2.75) is 0 Å². The van der Waals surface area contributed by atoms with Gasteiger partial charge in [0.05, 0.1) is 0 Å². The Balaban J connectivity index is 0. The molecule has 0 aliphatic rings. The zero-order valence-corrected chi connectivity index (χ0v) is 9.29. The van der Waals surface area contributed by atoms with Crippen molar-refractivity contribution in [2.24, 2.45) is 0 Å². The Morgan fingerprint density at radius 2 is 1.62 bits per heavy atom. The molecule has 1 rings (SSSR count). The Hall–Kier alpha value is -0.440. The van der Waals surface area contributed by atoms with Crippen LogP contribution in [0.2, 0.25) is 0 Å². The van der Waals surface area contributed by atoms with Crippen LogP contribution in [0.4, 0.5) is 10.5 Å². The molecule has 0 unspecified atom stereocenters. The third kappa shape index (κ3) is 11.6. The van der Waals surface area contributed by atoms with Crippen molar-refractivity contribution < 1.29 is 4.79 Å². The van der Waals surface area contributed by atoms with Gasteiger partial charge in [0, 0.05) is 12.7 Å². The van der Waals surface area contributed by atoms with Crippen LogP contribution in [0.15, 0.2) is 30.3 Å². The van der Waals surface area contributed by atoms with E-state index in [2.05, 4.69) is 28.5 Å². The zero-order valence-electron chi connectivity index (χ0n) is 6.96. The summed E-state index contributed by atoms with van der Waals surface area (Å²) < 4.78 is -0.889. The van der Waals surface area contributed by atoms with Gasteiger partial charge >= 0.3 is 4.70 Å². The lowest BCUT2D eigenvalue weighted by Crippen LogP contribution is -1.84. The minimum absolute atomic E-state index is 0. The smallest absolute Gasteiger partial charge is 0.313 e. The maximum atomic E-state index is 8.98. The van der Waals surface area contributed by atoms with E-state index >= 15 is 0 Å². The molecule has 0 saturated carbocycles. The molecule has 0 aromatic heterocycles. The lowest BCUT2D eigenvalue weighted by molar-refractivity contribution is 0.275. The van der Waals surface area contributed by atoms with Crippen molar-refractivity contribution in [3.63, 3.8) is 0 Å². The van der Waals surface area contributed by atoms with Gasteiger partial charge in [-0.2, -0.15) is 0 Å². The van der Waals surface area contributed by atoms with Gasteiger partial charge in [0.25, 0.3) is 0 Å². The monoisotopic (exact) mass is 241 g/mol. The molecule has 5 heteroatoms. The van der Waals surface area contributed by atoms with E-state index in [1.54, 1.807) is 0 Å². The Labute approximate surface area is 93.6 Å². The van der Waals surface area contributed by atoms with Crippen molar-refractivity contribution in [3.8, 4) is 0 Å². The molecule has 1 aromatic carbocycles. The maximum absolute atomic E-state index is 8.98. The van der Waals surface area contributed by atoms with E-state index < -0.39 is 4.70 Å². The maximum Gasteiger partial charge on any atom is 0.313 e. The predicted octanol–water partition coefficient (Wildman–Crippen LogP) is 3.73. The average Bonchev–Trinajstić information content (AvgIpc) is 2.05. The summed E-state index contributed by atoms with van der Waals surface area (Å²) in [7, 11) is 1.91. The van der Waals surface area contributed by atoms with Crippen molar-refractivity contribution >= 4 is 46.0 Å². The Kier molecular flexibility index (Phi) is 11.2. The molecule has 1 N–H and O–H groups in total. The number of anilines is 1. The van der Waals surface area contributed by atoms with Gasteiger partial charge in [0.1, 0.15) is 0 Å². The number of carbonyl (C=O) groups is 1. The summed E-state index contributed by atoms with van der Waals surface area (Å²) in [5.74, 6) is 0. The van der Waals surface area contributed by atoms with Crippen LogP contribution >= 0.6 is 35.6 Å². The van der Waals surface area contributed by atoms with Crippen LogP contribution in [0.3, 0.4) is 0 Å². The molecule has 1 aromatic rings. The number of carbonyl (C=O) groups excluding carboxylic acids is 1. The Morgan fingerprint density at radius 3 is 1.85 bits per heavy atom. The van der Waals surface area contributed by atoms with Gasteiger partial charge in [-0.1, -0.05) is 18.2 Å². The molecule has 0 spiro atoms. The topological polar surface area (TPSA) is 29.1 Å². The lowest BCUT2D eigenvalue weighted by Gasteiger charge is -1.94. The molecule has 0 amide bonds. The molecule has 0 radical (unpaired) electrons. The Bertz CT molecular complexity index is 224. The first-order valence-corrected chi connectivity index (χ1v) is 4.00. The fourth-order valence-electron chi connectivity index (χ4n) is 0.605. The highest BCUT2D eigenvalue weighted by Crippen LogP contribution is 2.01. The highest BCUT2D eigenvalue weighted by atomic mass is 35.5. The summed E-state index contributed by atoms with van der Waals surface area (Å²) in [6.45, 7) is 0. The van der Waals surface area contributed by atoms with Crippen LogP contribution in [-0.4, -0.2) is 11.7 Å². The third-order valence-corrected chi connectivity index (χ3v) is 1.06. The minimum atomic E-state index is -0.889. The fraction of sp³-hybridized carbons (Fsp3) is 0.125. The van der Waals surface area contributed by atoms with Gasteiger partial charge in [0.2, 0.25) is 0 Å². The number of benzene rings is 1. The van der Waals surface area contributed by atoms with Crippen LogP contribution in [0, 0.1) is 0 Å². The van der Waals surface area contributed by atoms with E-state index in [1.165, 1.54) is 0 Å². The normalized spacial score (nSPS) is 7.31. The molecule has 0 aliphatic carbocycles. The number of hydrogen-bond acceptors (Lipinski definition) is 2. The molecule has 13 heavy (non-hydrogen) atoms. The molecule has 0 atom stereocenters. The summed E-state index contributed by atoms with van der Waals surface area (Å²) in [6, 6.07) is 10.1. The SMILES string of the molecule is CNc1ccccc1.Cl.O=C(Cl)Cl. The summed E-state index contributed by atoms with van der Waals surface area (Å²) >= 11 is 8.80. The summed E-state index contributed by atoms with van der Waals surface area (Å²) in [5, 5.41) is 3.03. The number of halogens is 3. The average molecular weight is 243 g/mol. The van der Waals surface area contributed by atoms with Crippen LogP contribution < -0.4 is 5.32 Å². The number of nitrogens with one attached hydrogen (secondary N) is 1. The largest absolute Gasteiger partial charge is 0.388 e. The molecule has 0 saturated heterocycles. The van der Waals surface area contributed by atoms with E-state index in [0.717, 1.165) is 5.69 Å². The fourth-order valence-corrected chi connectivity index (χ4v) is 0.605. The van der Waals surface area contributed by atoms with Crippen molar-refractivity contribution in [2.75, 3.05) is 12.4 Å². The molecule has 0 bridgehead atoms. The predicted molar refractivity (Wildman–Crippen MR) is 60.3 cm³/mol. The van der Waals surface area contributed by atoms with Crippen LogP contribution in [0.25, 0.3) is 0 Å². The highest BCUT2D eigenvalue weighted by molar-refractivity contribution is 6.93. The van der Waals surface area contributed by atoms with Crippen molar-refractivity contribution in [1.29, 1.82) is 0 Å². The van der Waals surface area contributed by atoms with E-state index in [1.807, 2.05) is 37.4 Å². The van der Waals surface area contributed by atoms with Crippen LogP contribution in [0.5, 0.6) is 0 Å². The van der Waals surface area contributed by atoms with E-state index in [4.69, 9.17) is 4.79 Å². The standard InChI is InChI=1S/C7H9N.CCl2O.ClH/c1-8-7-5-3-2-4-6-7;2-1(3)4;/h2-6,8H,1H3;;1H. The van der Waals surface area contributed by atoms with E-state index in [0.29, 0.717) is 0 Å². The zero-order chi connectivity index (χ0) is 9.40. The van der Waals surface area contributed by atoms with Crippen molar-refractivity contribution in [1.82, 2.24) is 0 Å². The molecule has 0 fully saturated rings. The summed E-state index contributed by atoms with van der Waals surface area (Å²) in [4.78, 5) is 8.98. The van der Waals surface area contributed by atoms with Gasteiger partial charge < -0.3 is 5.32 Å². The third-order valence-electron chi connectivity index (χ3n) is 1.06. The van der Waals surface area contributed by atoms with Gasteiger partial charge in [-0.25, -0.2) is 0 Å². The summed E-state index contributed by atoms with van der Waals surface area (Å²) in [5.41, 5.74) is 1.16. The first-order valence-electron chi connectivity index (χ1n) is 3.24. The second-order valence-corrected chi connectivity index (χ2v) is 2.72. The molecule has 74 valence electrons. The molecule has 2 nitrogen and oxygen atoms in total.